The standard InChI is InChI=1S/C13H18N2O3.CH2O/c1-15-6-7-18-12(9-15)8-14-13(17)10-2-4-11(16)5-3-10;1-2/h2-5,12,16H,6-9H2,1H3,(H,14,17);1H2. The molecule has 1 heterocycles. The van der Waals surface area contributed by atoms with Crippen molar-refractivity contribution in [2.24, 2.45) is 0 Å². The van der Waals surface area contributed by atoms with Crippen LogP contribution in [-0.2, 0) is 9.53 Å². The number of hydrogen-bond donors (Lipinski definition) is 2. The minimum Gasteiger partial charge on any atom is -0.508 e. The molecule has 0 aliphatic carbocycles. The van der Waals surface area contributed by atoms with E-state index in [9.17, 15) is 4.79 Å². The highest BCUT2D eigenvalue weighted by molar-refractivity contribution is 5.94. The highest BCUT2D eigenvalue weighted by Crippen LogP contribution is 2.09. The molecular weight excluding hydrogens is 260 g/mol. The predicted molar refractivity (Wildman–Crippen MR) is 74.8 cm³/mol. The van der Waals surface area contributed by atoms with Crippen LogP contribution in [0.2, 0.25) is 0 Å². The van der Waals surface area contributed by atoms with Gasteiger partial charge in [0.25, 0.3) is 5.91 Å². The summed E-state index contributed by atoms with van der Waals surface area (Å²) in [4.78, 5) is 22.0. The third-order valence-electron chi connectivity index (χ3n) is 2.96. The molecule has 1 aromatic carbocycles. The topological polar surface area (TPSA) is 78.9 Å². The molecule has 0 radical (unpaired) electrons. The van der Waals surface area contributed by atoms with Crippen LogP contribution in [0.1, 0.15) is 10.4 Å². The Balaban J connectivity index is 0.000000956. The van der Waals surface area contributed by atoms with Gasteiger partial charge in [0.2, 0.25) is 0 Å². The van der Waals surface area contributed by atoms with Crippen LogP contribution in [0.15, 0.2) is 24.3 Å². The van der Waals surface area contributed by atoms with E-state index < -0.39 is 0 Å². The largest absolute Gasteiger partial charge is 0.508 e. The Labute approximate surface area is 118 Å². The van der Waals surface area contributed by atoms with Crippen molar-refractivity contribution in [3.05, 3.63) is 29.8 Å². The number of rotatable bonds is 3. The Morgan fingerprint density at radius 2 is 2.10 bits per heavy atom. The zero-order chi connectivity index (χ0) is 15.0. The van der Waals surface area contributed by atoms with E-state index in [1.807, 2.05) is 13.8 Å². The van der Waals surface area contributed by atoms with Crippen LogP contribution >= 0.6 is 0 Å². The Morgan fingerprint density at radius 1 is 1.45 bits per heavy atom. The molecule has 0 bridgehead atoms. The number of hydrogen-bond acceptors (Lipinski definition) is 5. The number of nitrogens with one attached hydrogen (secondary N) is 1. The maximum absolute atomic E-state index is 11.8. The number of ether oxygens (including phenoxy) is 1. The number of carbonyl (C=O) groups is 2. The van der Waals surface area contributed by atoms with Crippen molar-refractivity contribution in [2.75, 3.05) is 33.3 Å². The van der Waals surface area contributed by atoms with Crippen molar-refractivity contribution >= 4 is 12.7 Å². The molecule has 0 saturated carbocycles. The van der Waals surface area contributed by atoms with Crippen molar-refractivity contribution in [3.63, 3.8) is 0 Å². The monoisotopic (exact) mass is 280 g/mol. The van der Waals surface area contributed by atoms with Crippen LogP contribution in [0.5, 0.6) is 5.75 Å². The van der Waals surface area contributed by atoms with Gasteiger partial charge in [0.15, 0.2) is 0 Å². The van der Waals surface area contributed by atoms with Gasteiger partial charge in [-0.05, 0) is 31.3 Å². The van der Waals surface area contributed by atoms with Crippen molar-refractivity contribution < 1.29 is 19.4 Å². The van der Waals surface area contributed by atoms with E-state index in [0.717, 1.165) is 13.1 Å². The maximum atomic E-state index is 11.8. The second-order valence-electron chi connectivity index (χ2n) is 4.51. The molecule has 1 aromatic rings. The summed E-state index contributed by atoms with van der Waals surface area (Å²) in [6, 6.07) is 6.19. The van der Waals surface area contributed by atoms with Crippen LogP contribution in [-0.4, -0.2) is 62.1 Å². The summed E-state index contributed by atoms with van der Waals surface area (Å²) in [6.07, 6.45) is 0.0461. The van der Waals surface area contributed by atoms with Crippen molar-refractivity contribution in [1.29, 1.82) is 0 Å². The molecule has 1 fully saturated rings. The smallest absolute Gasteiger partial charge is 0.251 e. The first-order valence-electron chi connectivity index (χ1n) is 6.31. The molecule has 6 nitrogen and oxygen atoms in total. The fourth-order valence-corrected chi connectivity index (χ4v) is 1.91. The lowest BCUT2D eigenvalue weighted by Gasteiger charge is -2.30. The Morgan fingerprint density at radius 3 is 2.70 bits per heavy atom. The minimum atomic E-state index is -0.146. The summed E-state index contributed by atoms with van der Waals surface area (Å²) in [5.41, 5.74) is 0.539. The quantitative estimate of drug-likeness (QED) is 0.831. The molecule has 2 N–H and O–H groups in total. The normalized spacial score (nSPS) is 18.8. The van der Waals surface area contributed by atoms with Gasteiger partial charge in [-0.15, -0.1) is 0 Å². The van der Waals surface area contributed by atoms with Crippen LogP contribution in [0.4, 0.5) is 0 Å². The van der Waals surface area contributed by atoms with Gasteiger partial charge in [0.1, 0.15) is 12.5 Å². The van der Waals surface area contributed by atoms with Crippen molar-refractivity contribution in [1.82, 2.24) is 10.2 Å². The first-order valence-corrected chi connectivity index (χ1v) is 6.31. The van der Waals surface area contributed by atoms with E-state index >= 15 is 0 Å². The Hall–Kier alpha value is -1.92. The molecule has 6 heteroatoms. The lowest BCUT2D eigenvalue weighted by molar-refractivity contribution is -0.0980. The molecule has 2 rings (SSSR count). The summed E-state index contributed by atoms with van der Waals surface area (Å²) in [5, 5.41) is 12.0. The van der Waals surface area contributed by atoms with Crippen molar-refractivity contribution in [3.8, 4) is 5.75 Å². The molecule has 1 saturated heterocycles. The third kappa shape index (κ3) is 4.99. The number of carbonyl (C=O) groups excluding carboxylic acids is 2. The molecule has 0 spiro atoms. The van der Waals surface area contributed by atoms with E-state index in [2.05, 4.69) is 10.2 Å². The number of phenols is 1. The van der Waals surface area contributed by atoms with Gasteiger partial charge in [-0.3, -0.25) is 4.79 Å². The Bertz CT molecular complexity index is 422. The zero-order valence-corrected chi connectivity index (χ0v) is 11.5. The van der Waals surface area contributed by atoms with Gasteiger partial charge in [-0.1, -0.05) is 0 Å². The molecule has 1 aliphatic heterocycles. The van der Waals surface area contributed by atoms with Gasteiger partial charge in [-0.2, -0.15) is 0 Å². The maximum Gasteiger partial charge on any atom is 0.251 e. The van der Waals surface area contributed by atoms with E-state index in [-0.39, 0.29) is 17.8 Å². The fraction of sp³-hybridized carbons (Fsp3) is 0.429. The number of amides is 1. The lowest BCUT2D eigenvalue weighted by Crippen LogP contribution is -2.45. The SMILES string of the molecule is C=O.CN1CCOC(CNC(=O)c2ccc(O)cc2)C1. The number of benzene rings is 1. The summed E-state index contributed by atoms with van der Waals surface area (Å²) in [7, 11) is 2.04. The van der Waals surface area contributed by atoms with Crippen LogP contribution in [0.25, 0.3) is 0 Å². The molecule has 1 amide bonds. The second kappa shape index (κ2) is 8.29. The highest BCUT2D eigenvalue weighted by Gasteiger charge is 2.18. The lowest BCUT2D eigenvalue weighted by atomic mass is 10.2. The van der Waals surface area contributed by atoms with Crippen molar-refractivity contribution in [2.45, 2.75) is 6.10 Å². The third-order valence-corrected chi connectivity index (χ3v) is 2.96. The van der Waals surface area contributed by atoms with Gasteiger partial charge in [0.05, 0.1) is 12.7 Å². The van der Waals surface area contributed by atoms with Gasteiger partial charge >= 0.3 is 0 Å². The van der Waals surface area contributed by atoms with Gasteiger partial charge in [0, 0.05) is 25.2 Å². The van der Waals surface area contributed by atoms with Gasteiger partial charge < -0.3 is 24.9 Å². The number of likely N-dealkylation sites (N-methyl/N-ethyl adjacent to an activating group) is 1. The molecule has 20 heavy (non-hydrogen) atoms. The van der Waals surface area contributed by atoms with Crippen LogP contribution in [0.3, 0.4) is 0 Å². The average molecular weight is 280 g/mol. The zero-order valence-electron chi connectivity index (χ0n) is 11.5. The number of morpholine rings is 1. The van der Waals surface area contributed by atoms with Crippen LogP contribution in [0, 0.1) is 0 Å². The highest BCUT2D eigenvalue weighted by atomic mass is 16.5. The van der Waals surface area contributed by atoms with Gasteiger partial charge in [-0.25, -0.2) is 0 Å². The van der Waals surface area contributed by atoms with Crippen LogP contribution < -0.4 is 5.32 Å². The predicted octanol–water partition coefficient (Wildman–Crippen LogP) is 0.268. The molecule has 1 aliphatic rings. The summed E-state index contributed by atoms with van der Waals surface area (Å²) in [6.45, 7) is 4.97. The summed E-state index contributed by atoms with van der Waals surface area (Å²) >= 11 is 0. The molecule has 110 valence electrons. The van der Waals surface area contributed by atoms with E-state index in [0.29, 0.717) is 18.7 Å². The fourth-order valence-electron chi connectivity index (χ4n) is 1.91. The first kappa shape index (κ1) is 16.1. The van der Waals surface area contributed by atoms with E-state index in [1.165, 1.54) is 12.1 Å². The average Bonchev–Trinajstić information content (AvgIpc) is 2.48. The number of aromatic hydroxyl groups is 1. The molecular formula is C14H20N2O4. The van der Waals surface area contributed by atoms with E-state index in [4.69, 9.17) is 14.6 Å². The molecule has 0 aromatic heterocycles. The first-order chi connectivity index (χ1) is 9.65. The Kier molecular flexibility index (Phi) is 6.69. The van der Waals surface area contributed by atoms with E-state index in [1.54, 1.807) is 12.1 Å². The number of nitrogens with zero attached hydrogens (tertiary/aromatic N) is 1. The summed E-state index contributed by atoms with van der Waals surface area (Å²) in [5.74, 6) is 0.00983. The molecule has 1 unspecified atom stereocenters. The second-order valence-corrected chi connectivity index (χ2v) is 4.51. The minimum absolute atomic E-state index is 0.0461. The number of phenolic OH excluding ortho intramolecular Hbond substituents is 1. The summed E-state index contributed by atoms with van der Waals surface area (Å²) < 4.78 is 5.56. The molecule has 1 atom stereocenters.